The highest BCUT2D eigenvalue weighted by Gasteiger charge is 2.14. The molecule has 1 heterocycles. The fourth-order valence-electron chi connectivity index (χ4n) is 2.53. The molecule has 0 atom stereocenters. The predicted octanol–water partition coefficient (Wildman–Crippen LogP) is 2.50. The molecule has 0 aromatic heterocycles. The van der Waals surface area contributed by atoms with Crippen molar-refractivity contribution < 1.29 is 13.9 Å². The summed E-state index contributed by atoms with van der Waals surface area (Å²) in [5.74, 6) is -0.677. The lowest BCUT2D eigenvalue weighted by molar-refractivity contribution is 0.102. The summed E-state index contributed by atoms with van der Waals surface area (Å²) in [5, 5.41) is 2.76. The lowest BCUT2D eigenvalue weighted by atomic mass is 10.2. The summed E-state index contributed by atoms with van der Waals surface area (Å²) >= 11 is 0. The number of amides is 1. The van der Waals surface area contributed by atoms with E-state index in [2.05, 4.69) is 10.2 Å². The third-order valence-corrected chi connectivity index (χ3v) is 3.74. The van der Waals surface area contributed by atoms with E-state index in [-0.39, 0.29) is 11.7 Å². The van der Waals surface area contributed by atoms with Crippen molar-refractivity contribution in [3.8, 4) is 0 Å². The number of anilines is 3. The quantitative estimate of drug-likeness (QED) is 0.854. The summed E-state index contributed by atoms with van der Waals surface area (Å²) in [4.78, 5) is 14.3. The second-order valence-corrected chi connectivity index (χ2v) is 5.33. The van der Waals surface area contributed by atoms with E-state index in [4.69, 9.17) is 10.5 Å². The van der Waals surface area contributed by atoms with E-state index < -0.39 is 0 Å². The van der Waals surface area contributed by atoms with Gasteiger partial charge in [0.05, 0.1) is 24.6 Å². The molecule has 3 rings (SSSR count). The van der Waals surface area contributed by atoms with Crippen molar-refractivity contribution in [2.75, 3.05) is 42.3 Å². The van der Waals surface area contributed by atoms with Crippen molar-refractivity contribution in [3.05, 3.63) is 53.8 Å². The van der Waals surface area contributed by atoms with Crippen molar-refractivity contribution in [3.63, 3.8) is 0 Å². The first-order chi connectivity index (χ1) is 11.1. The van der Waals surface area contributed by atoms with Crippen LogP contribution in [0.5, 0.6) is 0 Å². The van der Waals surface area contributed by atoms with Gasteiger partial charge in [-0.1, -0.05) is 0 Å². The Kier molecular flexibility index (Phi) is 4.43. The number of hydrogen-bond acceptors (Lipinski definition) is 4. The number of nitrogen functional groups attached to an aromatic ring is 1. The smallest absolute Gasteiger partial charge is 0.255 e. The Hall–Kier alpha value is -2.60. The molecule has 23 heavy (non-hydrogen) atoms. The van der Waals surface area contributed by atoms with Crippen LogP contribution in [0.3, 0.4) is 0 Å². The topological polar surface area (TPSA) is 67.6 Å². The van der Waals surface area contributed by atoms with Gasteiger partial charge in [-0.05, 0) is 42.5 Å². The molecule has 1 saturated heterocycles. The van der Waals surface area contributed by atoms with Gasteiger partial charge in [0.15, 0.2) is 0 Å². The average molecular weight is 315 g/mol. The van der Waals surface area contributed by atoms with Crippen LogP contribution in [0.25, 0.3) is 0 Å². The van der Waals surface area contributed by atoms with Crippen molar-refractivity contribution in [1.82, 2.24) is 0 Å². The standard InChI is InChI=1S/C17H18FN3O2/c18-13-3-1-12(2-4-13)17(22)20-14-5-6-16(15(19)11-14)21-7-9-23-10-8-21/h1-6,11H,7-10,19H2,(H,20,22). The molecule has 2 aromatic carbocycles. The Morgan fingerprint density at radius 2 is 1.83 bits per heavy atom. The van der Waals surface area contributed by atoms with Gasteiger partial charge in [-0.25, -0.2) is 4.39 Å². The zero-order valence-corrected chi connectivity index (χ0v) is 12.6. The number of ether oxygens (including phenoxy) is 1. The highest BCUT2D eigenvalue weighted by atomic mass is 19.1. The van der Waals surface area contributed by atoms with Crippen LogP contribution in [0.4, 0.5) is 21.5 Å². The molecule has 0 unspecified atom stereocenters. The lowest BCUT2D eigenvalue weighted by Gasteiger charge is -2.30. The summed E-state index contributed by atoms with van der Waals surface area (Å²) in [6.45, 7) is 2.96. The molecule has 6 heteroatoms. The fraction of sp³-hybridized carbons (Fsp3) is 0.235. The molecular weight excluding hydrogens is 297 g/mol. The minimum absolute atomic E-state index is 0.302. The predicted molar refractivity (Wildman–Crippen MR) is 88.2 cm³/mol. The van der Waals surface area contributed by atoms with E-state index in [1.807, 2.05) is 12.1 Å². The summed E-state index contributed by atoms with van der Waals surface area (Å²) in [6.07, 6.45) is 0. The minimum Gasteiger partial charge on any atom is -0.397 e. The number of rotatable bonds is 3. The monoisotopic (exact) mass is 315 g/mol. The Morgan fingerprint density at radius 3 is 2.48 bits per heavy atom. The molecule has 120 valence electrons. The maximum atomic E-state index is 12.9. The van der Waals surface area contributed by atoms with Crippen LogP contribution in [0, 0.1) is 5.82 Å². The van der Waals surface area contributed by atoms with Crippen LogP contribution in [-0.4, -0.2) is 32.2 Å². The van der Waals surface area contributed by atoms with Crippen molar-refractivity contribution in [2.45, 2.75) is 0 Å². The highest BCUT2D eigenvalue weighted by Crippen LogP contribution is 2.27. The number of nitrogens with one attached hydrogen (secondary N) is 1. The summed E-state index contributed by atoms with van der Waals surface area (Å²) in [7, 11) is 0. The van der Waals surface area contributed by atoms with Crippen LogP contribution < -0.4 is 16.0 Å². The van der Waals surface area contributed by atoms with Crippen LogP contribution in [0.15, 0.2) is 42.5 Å². The number of carbonyl (C=O) groups excluding carboxylic acids is 1. The molecule has 0 bridgehead atoms. The first kappa shape index (κ1) is 15.3. The van der Waals surface area contributed by atoms with Crippen LogP contribution in [0.1, 0.15) is 10.4 Å². The third-order valence-electron chi connectivity index (χ3n) is 3.74. The number of hydrogen-bond donors (Lipinski definition) is 2. The summed E-state index contributed by atoms with van der Waals surface area (Å²) in [5.41, 5.74) is 8.64. The van der Waals surface area contributed by atoms with Gasteiger partial charge in [-0.2, -0.15) is 0 Å². The molecule has 1 amide bonds. The highest BCUT2D eigenvalue weighted by molar-refractivity contribution is 6.04. The molecule has 0 aliphatic carbocycles. The number of halogens is 1. The van der Waals surface area contributed by atoms with Crippen LogP contribution in [-0.2, 0) is 4.74 Å². The Morgan fingerprint density at radius 1 is 1.13 bits per heavy atom. The van der Waals surface area contributed by atoms with E-state index in [0.717, 1.165) is 18.8 Å². The third kappa shape index (κ3) is 3.60. The van der Waals surface area contributed by atoms with Gasteiger partial charge in [-0.3, -0.25) is 4.79 Å². The normalized spacial score (nSPS) is 14.6. The Balaban J connectivity index is 1.72. The van der Waals surface area contributed by atoms with Gasteiger partial charge >= 0.3 is 0 Å². The van der Waals surface area contributed by atoms with Crippen LogP contribution in [0.2, 0.25) is 0 Å². The number of nitrogens with two attached hydrogens (primary N) is 1. The number of carbonyl (C=O) groups is 1. The SMILES string of the molecule is Nc1cc(NC(=O)c2ccc(F)cc2)ccc1N1CCOCC1. The van der Waals surface area contributed by atoms with Gasteiger partial charge in [0, 0.05) is 24.3 Å². The van der Waals surface area contributed by atoms with Crippen molar-refractivity contribution in [1.29, 1.82) is 0 Å². The van der Waals surface area contributed by atoms with Gasteiger partial charge in [0.2, 0.25) is 0 Å². The van der Waals surface area contributed by atoms with E-state index in [0.29, 0.717) is 30.2 Å². The molecule has 1 fully saturated rings. The minimum atomic E-state index is -0.374. The van der Waals surface area contributed by atoms with Crippen LogP contribution >= 0.6 is 0 Å². The maximum absolute atomic E-state index is 12.9. The van der Waals surface area contributed by atoms with E-state index in [9.17, 15) is 9.18 Å². The summed E-state index contributed by atoms with van der Waals surface area (Å²) < 4.78 is 18.2. The number of benzene rings is 2. The zero-order chi connectivity index (χ0) is 16.2. The molecule has 0 spiro atoms. The Bertz CT molecular complexity index is 697. The van der Waals surface area contributed by atoms with Crippen molar-refractivity contribution >= 4 is 23.0 Å². The second kappa shape index (κ2) is 6.66. The molecule has 5 nitrogen and oxygen atoms in total. The van der Waals surface area contributed by atoms with E-state index in [1.165, 1.54) is 24.3 Å². The largest absolute Gasteiger partial charge is 0.397 e. The molecular formula is C17H18FN3O2. The molecule has 0 saturated carbocycles. The maximum Gasteiger partial charge on any atom is 0.255 e. The number of nitrogens with zero attached hydrogens (tertiary/aromatic N) is 1. The van der Waals surface area contributed by atoms with Gasteiger partial charge in [-0.15, -0.1) is 0 Å². The molecule has 3 N–H and O–H groups in total. The summed E-state index contributed by atoms with van der Waals surface area (Å²) in [6, 6.07) is 10.8. The number of morpholine rings is 1. The van der Waals surface area contributed by atoms with Gasteiger partial charge in [0.25, 0.3) is 5.91 Å². The zero-order valence-electron chi connectivity index (χ0n) is 12.6. The first-order valence-corrected chi connectivity index (χ1v) is 7.42. The molecule has 0 radical (unpaired) electrons. The second-order valence-electron chi connectivity index (χ2n) is 5.33. The van der Waals surface area contributed by atoms with E-state index >= 15 is 0 Å². The molecule has 2 aromatic rings. The molecule has 1 aliphatic rings. The first-order valence-electron chi connectivity index (χ1n) is 7.42. The van der Waals surface area contributed by atoms with Gasteiger partial charge < -0.3 is 20.7 Å². The van der Waals surface area contributed by atoms with E-state index in [1.54, 1.807) is 6.07 Å². The lowest BCUT2D eigenvalue weighted by Crippen LogP contribution is -2.36. The van der Waals surface area contributed by atoms with Crippen molar-refractivity contribution in [2.24, 2.45) is 0 Å². The molecule has 1 aliphatic heterocycles. The Labute approximate surface area is 133 Å². The fourth-order valence-corrected chi connectivity index (χ4v) is 2.53. The van der Waals surface area contributed by atoms with Gasteiger partial charge in [0.1, 0.15) is 5.82 Å². The average Bonchev–Trinajstić information content (AvgIpc) is 2.56.